The summed E-state index contributed by atoms with van der Waals surface area (Å²) in [6.45, 7) is -0.180. The van der Waals surface area contributed by atoms with E-state index >= 15 is 0 Å². The Morgan fingerprint density at radius 3 is 1.92 bits per heavy atom. The third-order valence-electron chi connectivity index (χ3n) is 5.39. The number of para-hydroxylation sites is 1. The second-order valence-corrected chi connectivity index (χ2v) is 11.8. The maximum absolute atomic E-state index is 13.7. The zero-order valence-electron chi connectivity index (χ0n) is 19.4. The topological polar surface area (TPSA) is 147 Å². The minimum absolute atomic E-state index is 0.0482. The molecule has 0 saturated heterocycles. The molecule has 0 aliphatic rings. The lowest BCUT2D eigenvalue weighted by molar-refractivity contribution is -0.138. The van der Waals surface area contributed by atoms with Gasteiger partial charge in [0.2, 0.25) is 16.1 Å². The first kappa shape index (κ1) is 27.0. The molecule has 12 heteroatoms. The van der Waals surface area contributed by atoms with Crippen molar-refractivity contribution in [2.75, 3.05) is 13.4 Å². The van der Waals surface area contributed by atoms with E-state index in [2.05, 4.69) is 5.18 Å². The van der Waals surface area contributed by atoms with Crippen LogP contribution < -0.4 is 4.74 Å². The Bertz CT molecular complexity index is 1450. The van der Waals surface area contributed by atoms with Gasteiger partial charge < -0.3 is 9.84 Å². The fourth-order valence-electron chi connectivity index (χ4n) is 3.50. The molecule has 0 heterocycles. The zero-order chi connectivity index (χ0) is 26.5. The van der Waals surface area contributed by atoms with Gasteiger partial charge in [-0.3, -0.25) is 0 Å². The quantitative estimate of drug-likeness (QED) is 0.370. The van der Waals surface area contributed by atoms with Gasteiger partial charge in [0, 0.05) is 19.3 Å². The van der Waals surface area contributed by atoms with Crippen LogP contribution in [0.1, 0.15) is 22.7 Å². The Hall–Kier alpha value is -3.61. The second kappa shape index (κ2) is 11.0. The summed E-state index contributed by atoms with van der Waals surface area (Å²) in [6, 6.07) is 16.3. The number of nitroso groups, excluding NO2 is 1. The first-order chi connectivity index (χ1) is 17.0. The van der Waals surface area contributed by atoms with E-state index in [1.807, 2.05) is 0 Å². The van der Waals surface area contributed by atoms with Crippen LogP contribution in [0.3, 0.4) is 0 Å². The highest BCUT2D eigenvalue weighted by Crippen LogP contribution is 2.29. The van der Waals surface area contributed by atoms with Crippen LogP contribution in [0.2, 0.25) is 0 Å². The van der Waals surface area contributed by atoms with Gasteiger partial charge in [0.15, 0.2) is 9.84 Å². The van der Waals surface area contributed by atoms with Gasteiger partial charge in [0.1, 0.15) is 10.6 Å². The van der Waals surface area contributed by atoms with Gasteiger partial charge in [0.05, 0.1) is 12.0 Å². The summed E-state index contributed by atoms with van der Waals surface area (Å²) in [6.07, 6.45) is 1.08. The smallest absolute Gasteiger partial charge is 0.336 e. The van der Waals surface area contributed by atoms with Crippen LogP contribution >= 0.6 is 0 Å². The van der Waals surface area contributed by atoms with Crippen molar-refractivity contribution < 1.29 is 31.5 Å². The molecule has 0 amide bonds. The van der Waals surface area contributed by atoms with E-state index < -0.39 is 31.9 Å². The molecule has 3 aromatic rings. The minimum atomic E-state index is -4.10. The Morgan fingerprint density at radius 1 is 0.917 bits per heavy atom. The molecule has 3 rings (SSSR count). The van der Waals surface area contributed by atoms with E-state index in [1.165, 1.54) is 72.1 Å². The van der Waals surface area contributed by atoms with Crippen molar-refractivity contribution in [3.63, 3.8) is 0 Å². The van der Waals surface area contributed by atoms with Gasteiger partial charge in [-0.2, -0.15) is 4.31 Å². The van der Waals surface area contributed by atoms with Crippen molar-refractivity contribution in [1.82, 2.24) is 4.31 Å². The third-order valence-corrected chi connectivity index (χ3v) is 8.35. The number of carboxylic acid groups (broad SMARTS) is 1. The van der Waals surface area contributed by atoms with Crippen LogP contribution in [0.5, 0.6) is 5.75 Å². The number of sulfonamides is 1. The molecule has 190 valence electrons. The highest BCUT2D eigenvalue weighted by molar-refractivity contribution is 7.90. The van der Waals surface area contributed by atoms with Crippen molar-refractivity contribution in [2.24, 2.45) is 5.18 Å². The molecule has 0 radical (unpaired) electrons. The van der Waals surface area contributed by atoms with Crippen molar-refractivity contribution in [1.29, 1.82) is 0 Å². The summed E-state index contributed by atoms with van der Waals surface area (Å²) in [5.74, 6) is -1.23. The molecule has 0 aliphatic heterocycles. The number of nitrogens with zero attached hydrogens (tertiary/aromatic N) is 2. The summed E-state index contributed by atoms with van der Waals surface area (Å²) in [5.41, 5.74) is 1.24. The predicted molar refractivity (Wildman–Crippen MR) is 132 cm³/mol. The Balaban J connectivity index is 2.00. The lowest BCUT2D eigenvalue weighted by Gasteiger charge is -2.24. The van der Waals surface area contributed by atoms with Gasteiger partial charge in [-0.15, -0.1) is 4.91 Å². The normalized spacial score (nSPS) is 12.8. The molecule has 0 spiro atoms. The molecule has 36 heavy (non-hydrogen) atoms. The fourth-order valence-corrected chi connectivity index (χ4v) is 5.70. The molecule has 1 unspecified atom stereocenters. The number of rotatable bonds is 11. The van der Waals surface area contributed by atoms with Gasteiger partial charge in [0.25, 0.3) is 0 Å². The molecular weight excluding hydrogens is 508 g/mol. The predicted octanol–water partition coefficient (Wildman–Crippen LogP) is 3.38. The number of aliphatic carboxylic acids is 1. The lowest BCUT2D eigenvalue weighted by atomic mass is 10.1. The van der Waals surface area contributed by atoms with E-state index in [4.69, 9.17) is 9.84 Å². The van der Waals surface area contributed by atoms with Crippen molar-refractivity contribution in [3.8, 4) is 5.75 Å². The summed E-state index contributed by atoms with van der Waals surface area (Å²) in [7, 11) is -6.15. The minimum Gasteiger partial charge on any atom is -0.495 e. The van der Waals surface area contributed by atoms with Gasteiger partial charge in [-0.1, -0.05) is 48.5 Å². The average Bonchev–Trinajstić information content (AvgIpc) is 2.84. The number of hydrogen-bond acceptors (Lipinski definition) is 8. The lowest BCUT2D eigenvalue weighted by Crippen LogP contribution is -2.30. The number of methoxy groups -OCH3 is 1. The molecule has 1 N–H and O–H groups in total. The third kappa shape index (κ3) is 6.14. The van der Waals surface area contributed by atoms with Crippen molar-refractivity contribution in [3.05, 3.63) is 94.4 Å². The van der Waals surface area contributed by atoms with Crippen LogP contribution in [0, 0.1) is 4.91 Å². The van der Waals surface area contributed by atoms with Gasteiger partial charge in [-0.05, 0) is 46.1 Å². The van der Waals surface area contributed by atoms with E-state index in [0.29, 0.717) is 11.1 Å². The van der Waals surface area contributed by atoms with E-state index in [0.717, 1.165) is 6.26 Å². The van der Waals surface area contributed by atoms with E-state index in [1.54, 1.807) is 12.1 Å². The molecule has 3 aromatic carbocycles. The molecule has 0 saturated carbocycles. The Morgan fingerprint density at radius 2 is 1.44 bits per heavy atom. The van der Waals surface area contributed by atoms with E-state index in [9.17, 15) is 26.5 Å². The summed E-state index contributed by atoms with van der Waals surface area (Å²) >= 11 is 0. The molecule has 10 nitrogen and oxygen atoms in total. The maximum atomic E-state index is 13.7. The number of carbonyl (C=O) groups is 1. The van der Waals surface area contributed by atoms with Gasteiger partial charge >= 0.3 is 5.97 Å². The monoisotopic (exact) mass is 532 g/mol. The fraction of sp³-hybridized carbons (Fsp3) is 0.208. The summed E-state index contributed by atoms with van der Waals surface area (Å²) in [5, 5.41) is 11.7. The second-order valence-electron chi connectivity index (χ2n) is 7.93. The molecular formula is C24H24N2O8S2. The summed E-state index contributed by atoms with van der Waals surface area (Å²) in [4.78, 5) is 22.1. The molecule has 1 atom stereocenters. The standard InChI is InChI=1S/C24H24N2O8S2/c1-34-21-5-3-4-6-22(21)36(32,33)26(16-18-9-13-20(14-10-18)35(2,30)31)15-17-7-11-19(12-8-17)23(25-29)24(27)28/h3-14,23H,15-16H2,1-2H3,(H,27,28). The van der Waals surface area contributed by atoms with Crippen LogP contribution in [0.15, 0.2) is 87.8 Å². The van der Waals surface area contributed by atoms with Crippen molar-refractivity contribution in [2.45, 2.75) is 28.9 Å². The number of ether oxygens (including phenoxy) is 1. The van der Waals surface area contributed by atoms with Crippen LogP contribution in [-0.2, 0) is 37.7 Å². The number of benzene rings is 3. The van der Waals surface area contributed by atoms with Crippen LogP contribution in [0.25, 0.3) is 0 Å². The zero-order valence-corrected chi connectivity index (χ0v) is 21.1. The SMILES string of the molecule is COc1ccccc1S(=O)(=O)N(Cc1ccc(C(N=O)C(=O)O)cc1)Cc1ccc(S(C)(=O)=O)cc1. The van der Waals surface area contributed by atoms with Crippen molar-refractivity contribution >= 4 is 25.8 Å². The van der Waals surface area contributed by atoms with E-state index in [-0.39, 0.29) is 34.2 Å². The largest absolute Gasteiger partial charge is 0.495 e. The summed E-state index contributed by atoms with van der Waals surface area (Å²) < 4.78 is 57.3. The number of sulfone groups is 1. The number of hydrogen-bond donors (Lipinski definition) is 1. The molecule has 0 aliphatic carbocycles. The molecule has 0 fully saturated rings. The Labute approximate surface area is 209 Å². The van der Waals surface area contributed by atoms with Crippen LogP contribution in [-0.4, -0.2) is 45.6 Å². The average molecular weight is 533 g/mol. The first-order valence-electron chi connectivity index (χ1n) is 10.5. The molecule has 0 aromatic heterocycles. The first-order valence-corrected chi connectivity index (χ1v) is 13.9. The highest BCUT2D eigenvalue weighted by atomic mass is 32.2. The van der Waals surface area contributed by atoms with Crippen LogP contribution in [0.4, 0.5) is 0 Å². The Kier molecular flexibility index (Phi) is 8.23. The maximum Gasteiger partial charge on any atom is 0.336 e. The van der Waals surface area contributed by atoms with Gasteiger partial charge in [-0.25, -0.2) is 21.6 Å². The molecule has 0 bridgehead atoms. The highest BCUT2D eigenvalue weighted by Gasteiger charge is 2.28. The number of carboxylic acids is 1.